The molecule has 152 valence electrons. The highest BCUT2D eigenvalue weighted by Crippen LogP contribution is 2.34. The molecule has 1 aromatic heterocycles. The van der Waals surface area contributed by atoms with Gasteiger partial charge in [-0.05, 0) is 55.1 Å². The molecule has 1 N–H and O–H groups in total. The van der Waals surface area contributed by atoms with Gasteiger partial charge in [0.05, 0.1) is 4.91 Å². The van der Waals surface area contributed by atoms with Crippen LogP contribution in [-0.2, 0) is 16.1 Å². The van der Waals surface area contributed by atoms with Crippen LogP contribution < -0.4 is 5.32 Å². The second-order valence-electron chi connectivity index (χ2n) is 6.71. The highest BCUT2D eigenvalue weighted by Gasteiger charge is 2.33. The number of nitrogens with zero attached hydrogens (tertiary/aromatic N) is 2. The second kappa shape index (κ2) is 8.38. The summed E-state index contributed by atoms with van der Waals surface area (Å²) in [6.45, 7) is 2.21. The summed E-state index contributed by atoms with van der Waals surface area (Å²) in [7, 11) is 0. The van der Waals surface area contributed by atoms with Gasteiger partial charge in [-0.1, -0.05) is 29.8 Å². The zero-order valence-corrected chi connectivity index (χ0v) is 17.7. The number of carbonyl (C=O) groups is 3. The van der Waals surface area contributed by atoms with Gasteiger partial charge in [0.25, 0.3) is 11.1 Å². The van der Waals surface area contributed by atoms with Crippen molar-refractivity contribution >= 4 is 63.1 Å². The molecule has 0 unspecified atom stereocenters. The molecule has 0 spiro atoms. The second-order valence-corrected chi connectivity index (χ2v) is 8.14. The lowest BCUT2D eigenvalue weighted by Crippen LogP contribution is -2.27. The fraction of sp³-hybridized carbons (Fsp3) is 0.136. The quantitative estimate of drug-likeness (QED) is 0.568. The number of aromatic nitrogens is 1. The fourth-order valence-corrected chi connectivity index (χ4v) is 4.34. The summed E-state index contributed by atoms with van der Waals surface area (Å²) < 4.78 is 1.83. The lowest BCUT2D eigenvalue weighted by atomic mass is 10.1. The van der Waals surface area contributed by atoms with Gasteiger partial charge in [0.2, 0.25) is 5.91 Å². The Morgan fingerprint density at radius 2 is 1.87 bits per heavy atom. The van der Waals surface area contributed by atoms with E-state index in [1.807, 2.05) is 35.0 Å². The predicted octanol–water partition coefficient (Wildman–Crippen LogP) is 4.99. The van der Waals surface area contributed by atoms with Crippen LogP contribution in [0, 0.1) is 0 Å². The monoisotopic (exact) mass is 439 g/mol. The topological polar surface area (TPSA) is 71.4 Å². The number of carbonyl (C=O) groups excluding carboxylic acids is 3. The molecular formula is C22H18ClN3O3S. The fourth-order valence-electron chi connectivity index (χ4n) is 3.32. The Balaban J connectivity index is 1.62. The average molecular weight is 440 g/mol. The summed E-state index contributed by atoms with van der Waals surface area (Å²) in [5, 5.41) is 4.09. The summed E-state index contributed by atoms with van der Waals surface area (Å²) in [5.41, 5.74) is 2.31. The van der Waals surface area contributed by atoms with Gasteiger partial charge in [-0.15, -0.1) is 0 Å². The van der Waals surface area contributed by atoms with E-state index in [9.17, 15) is 14.4 Å². The van der Waals surface area contributed by atoms with Gasteiger partial charge in [0.1, 0.15) is 6.54 Å². The van der Waals surface area contributed by atoms with Gasteiger partial charge in [-0.3, -0.25) is 19.3 Å². The largest absolute Gasteiger partial charge is 0.337 e. The number of likely N-dealkylation sites (N-methyl/N-ethyl adjacent to an activating group) is 1. The first-order chi connectivity index (χ1) is 14.5. The number of fused-ring (bicyclic) bond motifs is 1. The third-order valence-corrected chi connectivity index (χ3v) is 5.90. The summed E-state index contributed by atoms with van der Waals surface area (Å²) in [6.07, 6.45) is 3.54. The number of para-hydroxylation sites is 1. The molecular weight excluding hydrogens is 422 g/mol. The normalized spacial score (nSPS) is 15.4. The molecule has 3 aromatic rings. The standard InChI is InChI=1S/C22H18ClN3O3S/c1-2-26-21(28)19(30-22(26)29)11-14-12-25(18-6-4-3-5-17(14)18)13-20(27)24-16-9-7-15(23)8-10-16/h3-12H,2,13H2,1H3,(H,24,27). The number of rotatable bonds is 5. The Hall–Kier alpha value is -3.03. The van der Waals surface area contributed by atoms with Crippen LogP contribution in [-0.4, -0.2) is 33.1 Å². The molecule has 1 fully saturated rings. The van der Waals surface area contributed by atoms with E-state index >= 15 is 0 Å². The lowest BCUT2D eigenvalue weighted by Gasteiger charge is -2.07. The molecule has 1 aliphatic heterocycles. The van der Waals surface area contributed by atoms with E-state index < -0.39 is 0 Å². The highest BCUT2D eigenvalue weighted by atomic mass is 35.5. The van der Waals surface area contributed by atoms with Crippen molar-refractivity contribution in [1.29, 1.82) is 0 Å². The van der Waals surface area contributed by atoms with Crippen molar-refractivity contribution in [2.75, 3.05) is 11.9 Å². The van der Waals surface area contributed by atoms with Crippen molar-refractivity contribution in [3.05, 3.63) is 70.2 Å². The molecule has 3 amide bonds. The Labute approximate surface area is 182 Å². The Bertz CT molecular complexity index is 1180. The maximum absolute atomic E-state index is 12.6. The Morgan fingerprint density at radius 1 is 1.13 bits per heavy atom. The van der Waals surface area contributed by atoms with E-state index in [-0.39, 0.29) is 23.6 Å². The van der Waals surface area contributed by atoms with Gasteiger partial charge < -0.3 is 9.88 Å². The van der Waals surface area contributed by atoms with Gasteiger partial charge >= 0.3 is 0 Å². The number of halogens is 1. The SMILES string of the molecule is CCN1C(=O)SC(=Cc2cn(CC(=O)Nc3ccc(Cl)cc3)c3ccccc23)C1=O. The maximum atomic E-state index is 12.6. The van der Waals surface area contributed by atoms with Crippen LogP contribution in [0.15, 0.2) is 59.6 Å². The van der Waals surface area contributed by atoms with E-state index in [1.165, 1.54) is 4.90 Å². The molecule has 0 aliphatic carbocycles. The average Bonchev–Trinajstić information content (AvgIpc) is 3.20. The molecule has 6 nitrogen and oxygen atoms in total. The molecule has 2 heterocycles. The van der Waals surface area contributed by atoms with E-state index in [4.69, 9.17) is 11.6 Å². The molecule has 8 heteroatoms. The van der Waals surface area contributed by atoms with E-state index in [1.54, 1.807) is 37.3 Å². The summed E-state index contributed by atoms with van der Waals surface area (Å²) in [6, 6.07) is 14.5. The number of imide groups is 1. The zero-order chi connectivity index (χ0) is 21.3. The van der Waals surface area contributed by atoms with Gasteiger partial charge in [-0.2, -0.15) is 0 Å². The maximum Gasteiger partial charge on any atom is 0.293 e. The van der Waals surface area contributed by atoms with Gasteiger partial charge in [0, 0.05) is 39.9 Å². The van der Waals surface area contributed by atoms with Crippen LogP contribution in [0.25, 0.3) is 17.0 Å². The van der Waals surface area contributed by atoms with Crippen molar-refractivity contribution in [2.45, 2.75) is 13.5 Å². The van der Waals surface area contributed by atoms with E-state index in [2.05, 4.69) is 5.32 Å². The van der Waals surface area contributed by atoms with Crippen molar-refractivity contribution < 1.29 is 14.4 Å². The summed E-state index contributed by atoms with van der Waals surface area (Å²) >= 11 is 6.82. The van der Waals surface area contributed by atoms with Crippen molar-refractivity contribution in [3.63, 3.8) is 0 Å². The number of amides is 3. The van der Waals surface area contributed by atoms with Crippen LogP contribution in [0.3, 0.4) is 0 Å². The third-order valence-electron chi connectivity index (χ3n) is 4.74. The Kier molecular flexibility index (Phi) is 5.65. The minimum atomic E-state index is -0.287. The number of nitrogens with one attached hydrogen (secondary N) is 1. The van der Waals surface area contributed by atoms with Crippen LogP contribution in [0.5, 0.6) is 0 Å². The van der Waals surface area contributed by atoms with Crippen molar-refractivity contribution in [2.24, 2.45) is 0 Å². The first-order valence-corrected chi connectivity index (χ1v) is 10.5. The summed E-state index contributed by atoms with van der Waals surface area (Å²) in [5.74, 6) is -0.472. The minimum Gasteiger partial charge on any atom is -0.337 e. The molecule has 0 radical (unpaired) electrons. The Morgan fingerprint density at radius 3 is 2.57 bits per heavy atom. The number of benzene rings is 2. The van der Waals surface area contributed by atoms with Crippen molar-refractivity contribution in [3.8, 4) is 0 Å². The summed E-state index contributed by atoms with van der Waals surface area (Å²) in [4.78, 5) is 38.6. The van der Waals surface area contributed by atoms with Crippen LogP contribution in [0.2, 0.25) is 5.02 Å². The minimum absolute atomic E-state index is 0.105. The molecule has 4 rings (SSSR count). The van der Waals surface area contributed by atoms with Crippen LogP contribution >= 0.6 is 23.4 Å². The van der Waals surface area contributed by atoms with E-state index in [0.29, 0.717) is 22.2 Å². The molecule has 0 saturated carbocycles. The van der Waals surface area contributed by atoms with E-state index in [0.717, 1.165) is 28.2 Å². The van der Waals surface area contributed by atoms with Gasteiger partial charge in [-0.25, -0.2) is 0 Å². The number of thioether (sulfide) groups is 1. The first-order valence-electron chi connectivity index (χ1n) is 9.35. The third kappa shape index (κ3) is 3.99. The zero-order valence-electron chi connectivity index (χ0n) is 16.1. The number of hydrogen-bond donors (Lipinski definition) is 1. The highest BCUT2D eigenvalue weighted by molar-refractivity contribution is 8.18. The molecule has 1 saturated heterocycles. The molecule has 30 heavy (non-hydrogen) atoms. The first kappa shape index (κ1) is 20.3. The molecule has 1 aliphatic rings. The van der Waals surface area contributed by atoms with Crippen LogP contribution in [0.4, 0.5) is 10.5 Å². The van der Waals surface area contributed by atoms with Crippen molar-refractivity contribution in [1.82, 2.24) is 9.47 Å². The number of hydrogen-bond acceptors (Lipinski definition) is 4. The smallest absolute Gasteiger partial charge is 0.293 e. The molecule has 0 atom stereocenters. The molecule has 0 bridgehead atoms. The van der Waals surface area contributed by atoms with Gasteiger partial charge in [0.15, 0.2) is 0 Å². The number of anilines is 1. The van der Waals surface area contributed by atoms with Crippen LogP contribution in [0.1, 0.15) is 12.5 Å². The predicted molar refractivity (Wildman–Crippen MR) is 120 cm³/mol. The molecule has 2 aromatic carbocycles. The lowest BCUT2D eigenvalue weighted by molar-refractivity contribution is -0.122.